The van der Waals surface area contributed by atoms with E-state index in [2.05, 4.69) is 59.8 Å². The van der Waals surface area contributed by atoms with Crippen LogP contribution in [-0.4, -0.2) is 24.5 Å². The number of carbonyl (C=O) groups is 2. The summed E-state index contributed by atoms with van der Waals surface area (Å²) in [5.74, 6) is 1.34. The van der Waals surface area contributed by atoms with Crippen LogP contribution in [0.25, 0.3) is 0 Å². The van der Waals surface area contributed by atoms with Crippen LogP contribution in [0.1, 0.15) is 101 Å². The smallest absolute Gasteiger partial charge is 0.316 e. The lowest BCUT2D eigenvalue weighted by Crippen LogP contribution is -2.42. The van der Waals surface area contributed by atoms with E-state index in [-0.39, 0.29) is 18.1 Å². The predicted octanol–water partition coefficient (Wildman–Crippen LogP) is 9.07. The largest absolute Gasteiger partial charge is 0.488 e. The zero-order valence-electron chi connectivity index (χ0n) is 28.0. The van der Waals surface area contributed by atoms with Gasteiger partial charge in [0.05, 0.1) is 7.11 Å². The summed E-state index contributed by atoms with van der Waals surface area (Å²) in [6.45, 7) is 17.4. The zero-order chi connectivity index (χ0) is 31.7. The topological polar surface area (TPSA) is 61.8 Å². The van der Waals surface area contributed by atoms with Crippen LogP contribution in [0.4, 0.5) is 0 Å². The number of esters is 1. The number of rotatable bonds is 15. The molecule has 1 aliphatic heterocycles. The molecule has 1 aliphatic rings. The van der Waals surface area contributed by atoms with Gasteiger partial charge in [-0.1, -0.05) is 89.4 Å². The molecule has 1 heterocycles. The van der Waals surface area contributed by atoms with Crippen molar-refractivity contribution in [1.82, 2.24) is 0 Å². The molecule has 0 fully saturated rings. The number of methoxy groups -OCH3 is 1. The van der Waals surface area contributed by atoms with Crippen molar-refractivity contribution in [3.8, 4) is 11.5 Å². The third-order valence-electron chi connectivity index (χ3n) is 9.12. The van der Waals surface area contributed by atoms with E-state index in [4.69, 9.17) is 14.2 Å². The van der Waals surface area contributed by atoms with E-state index in [1.165, 1.54) is 26.4 Å². The molecule has 3 rings (SSSR count). The third-order valence-corrected chi connectivity index (χ3v) is 9.12. The van der Waals surface area contributed by atoms with Crippen LogP contribution in [0.3, 0.4) is 0 Å². The van der Waals surface area contributed by atoms with Gasteiger partial charge in [-0.2, -0.15) is 0 Å². The summed E-state index contributed by atoms with van der Waals surface area (Å²) in [4.78, 5) is 26.6. The van der Waals surface area contributed by atoms with E-state index in [1.54, 1.807) is 0 Å². The molecule has 0 N–H and O–H groups in total. The fraction of sp³-hybridized carbons (Fsp3) is 0.579. The highest BCUT2D eigenvalue weighted by molar-refractivity contribution is 6.00. The Morgan fingerprint density at radius 2 is 1.70 bits per heavy atom. The van der Waals surface area contributed by atoms with Crippen LogP contribution in [0, 0.1) is 44.4 Å². The second kappa shape index (κ2) is 15.6. The number of carbonyl (C=O) groups excluding carboxylic acids is 2. The summed E-state index contributed by atoms with van der Waals surface area (Å²) in [6, 6.07) is 10.2. The second-order valence-corrected chi connectivity index (χ2v) is 13.4. The molecule has 0 bridgehead atoms. The van der Waals surface area contributed by atoms with Gasteiger partial charge in [0.2, 0.25) is 0 Å². The molecular weight excluding hydrogens is 536 g/mol. The van der Waals surface area contributed by atoms with Crippen molar-refractivity contribution in [2.24, 2.45) is 23.7 Å². The van der Waals surface area contributed by atoms with Gasteiger partial charge >= 0.3 is 5.97 Å². The van der Waals surface area contributed by atoms with E-state index in [1.807, 2.05) is 38.1 Å². The Morgan fingerprint density at radius 1 is 1.00 bits per heavy atom. The number of ketones is 1. The first-order valence-corrected chi connectivity index (χ1v) is 16.1. The number of hydrogen-bond donors (Lipinski definition) is 0. The van der Waals surface area contributed by atoms with E-state index in [0.29, 0.717) is 18.9 Å². The maximum absolute atomic E-state index is 13.7. The number of benzene rings is 2. The SMILES string of the molecule is COC(=O)C(C(=O)C[C@]1(C)CCc2c(C)c(OCc3ccccc3)c(C)c(C)c2O1)[C@H](C)C=CC[C@H](C)CCCC(C)C. The van der Waals surface area contributed by atoms with Crippen LogP contribution < -0.4 is 9.47 Å². The summed E-state index contributed by atoms with van der Waals surface area (Å²) in [5.41, 5.74) is 4.73. The molecule has 0 spiro atoms. The highest BCUT2D eigenvalue weighted by Gasteiger charge is 2.41. The van der Waals surface area contributed by atoms with Gasteiger partial charge in [-0.25, -0.2) is 0 Å². The second-order valence-electron chi connectivity index (χ2n) is 13.4. The third kappa shape index (κ3) is 9.20. The minimum atomic E-state index is -0.849. The Labute approximate surface area is 260 Å². The fourth-order valence-electron chi connectivity index (χ4n) is 6.23. The number of Topliss-reactive ketones (excluding diaryl/α,β-unsaturated/α-hetero) is 1. The summed E-state index contributed by atoms with van der Waals surface area (Å²) >= 11 is 0. The predicted molar refractivity (Wildman–Crippen MR) is 175 cm³/mol. The summed E-state index contributed by atoms with van der Waals surface area (Å²) in [5, 5.41) is 0. The maximum Gasteiger partial charge on any atom is 0.316 e. The van der Waals surface area contributed by atoms with Crippen molar-refractivity contribution in [2.45, 2.75) is 113 Å². The van der Waals surface area contributed by atoms with Gasteiger partial charge in [-0.3, -0.25) is 9.59 Å². The Morgan fingerprint density at radius 3 is 2.35 bits per heavy atom. The van der Waals surface area contributed by atoms with Crippen LogP contribution in [0.2, 0.25) is 0 Å². The van der Waals surface area contributed by atoms with Crippen molar-refractivity contribution in [1.29, 1.82) is 0 Å². The van der Waals surface area contributed by atoms with Gasteiger partial charge in [0, 0.05) is 12.0 Å². The molecule has 0 saturated carbocycles. The highest BCUT2D eigenvalue weighted by Crippen LogP contribution is 2.45. The van der Waals surface area contributed by atoms with Gasteiger partial charge < -0.3 is 14.2 Å². The molecule has 0 amide bonds. The molecule has 236 valence electrons. The molecule has 0 saturated heterocycles. The molecular formula is C38H54O5. The highest BCUT2D eigenvalue weighted by atomic mass is 16.5. The Hall–Kier alpha value is -3.08. The van der Waals surface area contributed by atoms with Crippen molar-refractivity contribution in [3.05, 3.63) is 70.3 Å². The molecule has 43 heavy (non-hydrogen) atoms. The number of allylic oxidation sites excluding steroid dienone is 2. The number of ether oxygens (including phenoxy) is 3. The first-order valence-electron chi connectivity index (χ1n) is 16.1. The molecule has 5 heteroatoms. The van der Waals surface area contributed by atoms with Gasteiger partial charge in [-0.15, -0.1) is 0 Å². The first kappa shape index (κ1) is 34.4. The lowest BCUT2D eigenvalue weighted by Gasteiger charge is -2.38. The standard InChI is InChI=1S/C38H54O5/c1-25(2)15-13-16-26(3)17-14-18-27(4)34(37(40)41-9)33(39)23-38(8)22-21-32-30(7)35(28(5)29(6)36(32)43-38)42-24-31-19-11-10-12-20-31/h10-12,14,18-20,25-27,34H,13,15-17,21-24H2,1-9H3/t26-,27-,34?,38+/m1/s1. The van der Waals surface area contributed by atoms with E-state index < -0.39 is 17.5 Å². The van der Waals surface area contributed by atoms with Crippen LogP contribution in [0.5, 0.6) is 11.5 Å². The minimum absolute atomic E-state index is 0.131. The van der Waals surface area contributed by atoms with Crippen molar-refractivity contribution in [3.63, 3.8) is 0 Å². The van der Waals surface area contributed by atoms with Crippen LogP contribution in [-0.2, 0) is 27.4 Å². The van der Waals surface area contributed by atoms with Gasteiger partial charge in [0.15, 0.2) is 5.78 Å². The fourth-order valence-corrected chi connectivity index (χ4v) is 6.23. The molecule has 2 aromatic carbocycles. The van der Waals surface area contributed by atoms with Gasteiger partial charge in [0.1, 0.15) is 29.6 Å². The molecule has 0 aliphatic carbocycles. The average Bonchev–Trinajstić information content (AvgIpc) is 2.96. The Bertz CT molecular complexity index is 1260. The average molecular weight is 591 g/mol. The summed E-state index contributed by atoms with van der Waals surface area (Å²) < 4.78 is 18.1. The first-order chi connectivity index (χ1) is 20.4. The number of hydrogen-bond acceptors (Lipinski definition) is 5. The molecule has 0 aromatic heterocycles. The summed E-state index contributed by atoms with van der Waals surface area (Å²) in [6.07, 6.45) is 10.4. The molecule has 0 radical (unpaired) electrons. The lowest BCUT2D eigenvalue weighted by atomic mass is 9.80. The Balaban J connectivity index is 1.71. The normalized spacial score (nSPS) is 18.6. The Kier molecular flexibility index (Phi) is 12.5. The molecule has 4 atom stereocenters. The lowest BCUT2D eigenvalue weighted by molar-refractivity contribution is -0.151. The summed E-state index contributed by atoms with van der Waals surface area (Å²) in [7, 11) is 1.36. The van der Waals surface area contributed by atoms with E-state index in [9.17, 15) is 9.59 Å². The monoisotopic (exact) mass is 590 g/mol. The molecule has 2 aromatic rings. The number of fused-ring (bicyclic) bond motifs is 1. The molecule has 5 nitrogen and oxygen atoms in total. The van der Waals surface area contributed by atoms with Crippen molar-refractivity contribution in [2.75, 3.05) is 7.11 Å². The van der Waals surface area contributed by atoms with Gasteiger partial charge in [0.25, 0.3) is 0 Å². The van der Waals surface area contributed by atoms with E-state index in [0.717, 1.165) is 58.1 Å². The van der Waals surface area contributed by atoms with E-state index >= 15 is 0 Å². The van der Waals surface area contributed by atoms with Gasteiger partial charge in [-0.05, 0) is 87.0 Å². The quantitative estimate of drug-likeness (QED) is 0.118. The molecule has 1 unspecified atom stereocenters. The minimum Gasteiger partial charge on any atom is -0.488 e. The van der Waals surface area contributed by atoms with Crippen molar-refractivity contribution < 1.29 is 23.8 Å². The van der Waals surface area contributed by atoms with Crippen molar-refractivity contribution >= 4 is 11.8 Å². The van der Waals surface area contributed by atoms with Crippen LogP contribution >= 0.6 is 0 Å². The zero-order valence-corrected chi connectivity index (χ0v) is 28.0. The van der Waals surface area contributed by atoms with Crippen LogP contribution in [0.15, 0.2) is 42.5 Å². The maximum atomic E-state index is 13.7.